The molecular weight excluding hydrogens is 564 g/mol. The van der Waals surface area contributed by atoms with Crippen molar-refractivity contribution in [2.75, 3.05) is 0 Å². The summed E-state index contributed by atoms with van der Waals surface area (Å²) < 4.78 is 4.81. The molecule has 0 saturated heterocycles. The summed E-state index contributed by atoms with van der Waals surface area (Å²) in [6, 6.07) is 42.8. The van der Waals surface area contributed by atoms with E-state index in [0.29, 0.717) is 0 Å². The summed E-state index contributed by atoms with van der Waals surface area (Å²) in [6.45, 7) is 0. The molecule has 4 aromatic heterocycles. The van der Waals surface area contributed by atoms with Crippen LogP contribution in [-0.2, 0) is 0 Å². The van der Waals surface area contributed by atoms with Gasteiger partial charge in [-0.05, 0) is 29.8 Å². The summed E-state index contributed by atoms with van der Waals surface area (Å²) in [5, 5.41) is 3.56. The monoisotopic (exact) mass is 590 g/mol. The van der Waals surface area contributed by atoms with Crippen molar-refractivity contribution in [1.29, 1.82) is 0 Å². The van der Waals surface area contributed by atoms with Crippen molar-refractivity contribution in [1.82, 2.24) is 29.1 Å². The number of rotatable bonds is 5. The van der Waals surface area contributed by atoms with Crippen molar-refractivity contribution >= 4 is 32.8 Å². The van der Waals surface area contributed by atoms with Crippen molar-refractivity contribution < 1.29 is 0 Å². The molecule has 0 saturated carbocycles. The number of hydrogen-bond donors (Lipinski definition) is 0. The average molecular weight is 591 g/mol. The third kappa shape index (κ3) is 3.97. The first-order valence-electron chi connectivity index (χ1n) is 15.2. The molecule has 46 heavy (non-hydrogen) atoms. The first-order valence-corrected chi connectivity index (χ1v) is 15.2. The van der Waals surface area contributed by atoms with E-state index in [2.05, 4.69) is 145 Å². The molecule has 9 rings (SSSR count). The lowest BCUT2D eigenvalue weighted by atomic mass is 9.95. The van der Waals surface area contributed by atoms with Crippen molar-refractivity contribution in [3.8, 4) is 45.0 Å². The molecule has 5 aromatic carbocycles. The Bertz CT molecular complexity index is 2520. The average Bonchev–Trinajstić information content (AvgIpc) is 3.65. The highest BCUT2D eigenvalue weighted by Crippen LogP contribution is 2.45. The van der Waals surface area contributed by atoms with Gasteiger partial charge in [-0.15, -0.1) is 0 Å². The standard InChI is InChI=1S/C40H26N6/c1-2-11-27(12-3-1)45-39-30(28-13-4-5-14-29(28)34-25-41-21-23-43-34)17-10-18-33(39)38-32-16-7-9-20-37(32)46(40(38)45)36-19-8-6-15-31(36)35-26-42-22-24-44-35/h1-26H. The van der Waals surface area contributed by atoms with Gasteiger partial charge < -0.3 is 0 Å². The van der Waals surface area contributed by atoms with Crippen LogP contribution in [0.25, 0.3) is 77.9 Å². The van der Waals surface area contributed by atoms with Gasteiger partial charge in [0, 0.05) is 63.3 Å². The molecule has 0 atom stereocenters. The predicted molar refractivity (Wildman–Crippen MR) is 185 cm³/mol. The fourth-order valence-corrected chi connectivity index (χ4v) is 6.79. The van der Waals surface area contributed by atoms with Gasteiger partial charge in [0.2, 0.25) is 0 Å². The predicted octanol–water partition coefficient (Wildman–Crippen LogP) is 9.31. The number of aromatic nitrogens is 6. The Hall–Kier alpha value is -6.40. The van der Waals surface area contributed by atoms with Gasteiger partial charge in [0.1, 0.15) is 5.65 Å². The zero-order chi connectivity index (χ0) is 30.5. The topological polar surface area (TPSA) is 61.4 Å². The Morgan fingerprint density at radius 1 is 0.435 bits per heavy atom. The summed E-state index contributed by atoms with van der Waals surface area (Å²) in [6.07, 6.45) is 10.6. The van der Waals surface area contributed by atoms with Crippen molar-refractivity contribution in [2.24, 2.45) is 0 Å². The highest BCUT2D eigenvalue weighted by molar-refractivity contribution is 6.24. The summed E-state index contributed by atoms with van der Waals surface area (Å²) in [7, 11) is 0. The van der Waals surface area contributed by atoms with E-state index in [4.69, 9.17) is 4.98 Å². The lowest BCUT2D eigenvalue weighted by molar-refractivity contribution is 1.07. The van der Waals surface area contributed by atoms with E-state index < -0.39 is 0 Å². The lowest BCUT2D eigenvalue weighted by Gasteiger charge is -2.17. The maximum atomic E-state index is 4.70. The molecule has 6 heteroatoms. The van der Waals surface area contributed by atoms with Gasteiger partial charge in [-0.1, -0.05) is 97.1 Å². The van der Waals surface area contributed by atoms with Crippen LogP contribution in [0.5, 0.6) is 0 Å². The Morgan fingerprint density at radius 3 is 1.80 bits per heavy atom. The zero-order valence-corrected chi connectivity index (χ0v) is 24.7. The van der Waals surface area contributed by atoms with E-state index in [1.54, 1.807) is 24.8 Å². The lowest BCUT2D eigenvalue weighted by Crippen LogP contribution is -2.04. The summed E-state index contributed by atoms with van der Waals surface area (Å²) in [5.41, 5.74) is 11.4. The smallest absolute Gasteiger partial charge is 0.131 e. The largest absolute Gasteiger partial charge is 0.294 e. The first-order chi connectivity index (χ1) is 22.9. The molecule has 0 amide bonds. The van der Waals surface area contributed by atoms with Crippen LogP contribution in [-0.4, -0.2) is 29.1 Å². The number of para-hydroxylation sites is 4. The van der Waals surface area contributed by atoms with E-state index in [0.717, 1.165) is 61.7 Å². The zero-order valence-electron chi connectivity index (χ0n) is 24.7. The maximum absolute atomic E-state index is 4.70. The molecule has 0 fully saturated rings. The minimum atomic E-state index is 0.824. The van der Waals surface area contributed by atoms with E-state index in [-0.39, 0.29) is 0 Å². The molecular formula is C40H26N6. The molecule has 0 aliphatic heterocycles. The fraction of sp³-hybridized carbons (Fsp3) is 0. The van der Waals surface area contributed by atoms with E-state index in [9.17, 15) is 0 Å². The molecule has 0 radical (unpaired) electrons. The third-order valence-corrected chi connectivity index (χ3v) is 8.65. The van der Waals surface area contributed by atoms with Gasteiger partial charge in [-0.25, -0.2) is 0 Å². The van der Waals surface area contributed by atoms with E-state index in [1.807, 2.05) is 12.4 Å². The van der Waals surface area contributed by atoms with Crippen LogP contribution in [0, 0.1) is 0 Å². The van der Waals surface area contributed by atoms with Crippen LogP contribution < -0.4 is 0 Å². The second-order valence-corrected chi connectivity index (χ2v) is 11.2. The Balaban J connectivity index is 1.48. The van der Waals surface area contributed by atoms with Crippen LogP contribution in [0.3, 0.4) is 0 Å². The Labute approximate surface area is 264 Å². The van der Waals surface area contributed by atoms with Crippen LogP contribution in [0.15, 0.2) is 159 Å². The van der Waals surface area contributed by atoms with Crippen LogP contribution in [0.4, 0.5) is 0 Å². The van der Waals surface area contributed by atoms with Crippen molar-refractivity contribution in [2.45, 2.75) is 0 Å². The fourth-order valence-electron chi connectivity index (χ4n) is 6.79. The molecule has 0 bridgehead atoms. The van der Waals surface area contributed by atoms with Crippen molar-refractivity contribution in [3.63, 3.8) is 0 Å². The van der Waals surface area contributed by atoms with Gasteiger partial charge in [-0.3, -0.25) is 29.1 Å². The molecule has 9 aromatic rings. The Morgan fingerprint density at radius 2 is 1.04 bits per heavy atom. The summed E-state index contributed by atoms with van der Waals surface area (Å²) in [5.74, 6) is 0. The molecule has 0 aliphatic rings. The molecule has 0 aliphatic carbocycles. The second-order valence-electron chi connectivity index (χ2n) is 11.2. The Kier molecular flexibility index (Phi) is 6.03. The van der Waals surface area contributed by atoms with Crippen molar-refractivity contribution in [3.05, 3.63) is 159 Å². The van der Waals surface area contributed by atoms with Crippen LogP contribution >= 0.6 is 0 Å². The van der Waals surface area contributed by atoms with Gasteiger partial charge in [0.25, 0.3) is 0 Å². The normalized spacial score (nSPS) is 11.5. The highest BCUT2D eigenvalue weighted by Gasteiger charge is 2.25. The number of nitrogens with zero attached hydrogens (tertiary/aromatic N) is 6. The second kappa shape index (κ2) is 10.6. The van der Waals surface area contributed by atoms with Gasteiger partial charge >= 0.3 is 0 Å². The van der Waals surface area contributed by atoms with E-state index >= 15 is 0 Å². The molecule has 6 nitrogen and oxygen atoms in total. The van der Waals surface area contributed by atoms with Crippen LogP contribution in [0.2, 0.25) is 0 Å². The minimum Gasteiger partial charge on any atom is -0.294 e. The van der Waals surface area contributed by atoms with Gasteiger partial charge in [0.05, 0.1) is 40.5 Å². The minimum absolute atomic E-state index is 0.824. The quantitative estimate of drug-likeness (QED) is 0.200. The number of fused-ring (bicyclic) bond motifs is 5. The molecule has 0 N–H and O–H groups in total. The molecule has 0 spiro atoms. The molecule has 216 valence electrons. The molecule has 0 unspecified atom stereocenters. The third-order valence-electron chi connectivity index (χ3n) is 8.65. The SMILES string of the molecule is c1ccc(-n2c3c(-c4ccccc4-c4cnccn4)cccc3c3c4ccccc4n(-c4ccccc4-c4cnccn4)c32)cc1. The highest BCUT2D eigenvalue weighted by atomic mass is 15.1. The maximum Gasteiger partial charge on any atom is 0.131 e. The number of benzene rings is 5. The first kappa shape index (κ1) is 26.0. The summed E-state index contributed by atoms with van der Waals surface area (Å²) >= 11 is 0. The molecule has 4 heterocycles. The number of hydrogen-bond acceptors (Lipinski definition) is 4. The van der Waals surface area contributed by atoms with E-state index in [1.165, 1.54) is 16.2 Å². The summed E-state index contributed by atoms with van der Waals surface area (Å²) in [4.78, 5) is 18.2. The van der Waals surface area contributed by atoms with Crippen LogP contribution in [0.1, 0.15) is 0 Å². The van der Waals surface area contributed by atoms with Gasteiger partial charge in [0.15, 0.2) is 0 Å². The van der Waals surface area contributed by atoms with Gasteiger partial charge in [-0.2, -0.15) is 0 Å².